The highest BCUT2D eigenvalue weighted by Crippen LogP contribution is 2.40. The van der Waals surface area contributed by atoms with Gasteiger partial charge < -0.3 is 15.2 Å². The number of methoxy groups -OCH3 is 1. The molecule has 2 aromatic heterocycles. The van der Waals surface area contributed by atoms with Gasteiger partial charge >= 0.3 is 5.97 Å². The summed E-state index contributed by atoms with van der Waals surface area (Å²) in [5.74, 6) is 0.136. The Labute approximate surface area is 229 Å². The normalized spacial score (nSPS) is 10.7. The second-order valence-corrected chi connectivity index (χ2v) is 11.0. The number of benzene rings is 2. The quantitative estimate of drug-likeness (QED) is 0.223. The molecule has 0 atom stereocenters. The van der Waals surface area contributed by atoms with Crippen molar-refractivity contribution in [3.8, 4) is 27.4 Å². The SMILES string of the molecule is CC.COc1cccc(-c2cc(Nc3nc(-c4ccc(Cl)c(Cl)c4)c(CC(C)C)s3)c(C(=O)O)s2)c1. The number of carboxylic acids is 1. The fourth-order valence-electron chi connectivity index (χ4n) is 3.46. The van der Waals surface area contributed by atoms with E-state index in [1.165, 1.54) is 22.7 Å². The highest BCUT2D eigenvalue weighted by atomic mass is 35.5. The van der Waals surface area contributed by atoms with E-state index in [-0.39, 0.29) is 4.88 Å². The first-order chi connectivity index (χ1) is 17.2. The van der Waals surface area contributed by atoms with E-state index in [2.05, 4.69) is 19.2 Å². The summed E-state index contributed by atoms with van der Waals surface area (Å²) in [5.41, 5.74) is 3.08. The van der Waals surface area contributed by atoms with E-state index >= 15 is 0 Å². The van der Waals surface area contributed by atoms with Crippen LogP contribution in [0.25, 0.3) is 21.7 Å². The van der Waals surface area contributed by atoms with Crippen LogP contribution < -0.4 is 10.1 Å². The molecule has 36 heavy (non-hydrogen) atoms. The Hall–Kier alpha value is -2.58. The van der Waals surface area contributed by atoms with Crippen molar-refractivity contribution in [3.63, 3.8) is 0 Å². The second kappa shape index (κ2) is 12.6. The molecule has 0 saturated carbocycles. The first-order valence-electron chi connectivity index (χ1n) is 11.5. The molecule has 0 aliphatic carbocycles. The molecular weight excluding hydrogens is 535 g/mol. The number of aromatic carboxylic acids is 1. The number of hydrogen-bond donors (Lipinski definition) is 2. The molecule has 9 heteroatoms. The van der Waals surface area contributed by atoms with Gasteiger partial charge in [0.2, 0.25) is 0 Å². The first-order valence-corrected chi connectivity index (χ1v) is 13.9. The smallest absolute Gasteiger partial charge is 0.348 e. The van der Waals surface area contributed by atoms with E-state index < -0.39 is 5.97 Å². The van der Waals surface area contributed by atoms with Crippen molar-refractivity contribution in [1.82, 2.24) is 4.98 Å². The summed E-state index contributed by atoms with van der Waals surface area (Å²) < 4.78 is 5.31. The topological polar surface area (TPSA) is 71.5 Å². The third-order valence-electron chi connectivity index (χ3n) is 5.01. The molecule has 4 aromatic rings. The predicted octanol–water partition coefficient (Wildman–Crippen LogP) is 9.52. The van der Waals surface area contributed by atoms with Gasteiger partial charge in [0.15, 0.2) is 5.13 Å². The molecule has 0 aliphatic rings. The number of carbonyl (C=O) groups is 1. The fourth-order valence-corrected chi connectivity index (χ4v) is 5.91. The van der Waals surface area contributed by atoms with Gasteiger partial charge in [0.05, 0.1) is 28.5 Å². The van der Waals surface area contributed by atoms with Crippen LogP contribution in [0.3, 0.4) is 0 Å². The van der Waals surface area contributed by atoms with Crippen LogP contribution in [0.5, 0.6) is 5.75 Å². The zero-order valence-electron chi connectivity index (χ0n) is 20.7. The number of nitrogens with zero attached hydrogens (tertiary/aromatic N) is 1. The number of rotatable bonds is 8. The van der Waals surface area contributed by atoms with E-state index in [1.807, 2.05) is 50.2 Å². The summed E-state index contributed by atoms with van der Waals surface area (Å²) in [6.45, 7) is 8.29. The zero-order valence-corrected chi connectivity index (χ0v) is 23.8. The Morgan fingerprint density at radius 2 is 1.81 bits per heavy atom. The minimum atomic E-state index is -0.995. The molecule has 5 nitrogen and oxygen atoms in total. The van der Waals surface area contributed by atoms with E-state index in [0.29, 0.717) is 32.5 Å². The highest BCUT2D eigenvalue weighted by Gasteiger charge is 2.20. The number of carboxylic acid groups (broad SMARTS) is 1. The standard InChI is InChI=1S/C25H22Cl2N2O3S2.C2H6/c1-13(2)9-21-22(15-7-8-17(26)18(27)11-15)29-25(34-21)28-19-12-20(33-23(19)24(30)31)14-5-4-6-16(10-14)32-3;1-2/h4-8,10-13H,9H2,1-3H3,(H,28,29)(H,30,31);1-2H3. The van der Waals surface area contributed by atoms with Crippen LogP contribution in [-0.4, -0.2) is 23.2 Å². The van der Waals surface area contributed by atoms with Gasteiger partial charge in [-0.05, 0) is 48.2 Å². The van der Waals surface area contributed by atoms with Crippen molar-refractivity contribution in [2.24, 2.45) is 5.92 Å². The molecule has 0 fully saturated rings. The first kappa shape index (κ1) is 28.0. The van der Waals surface area contributed by atoms with E-state index in [0.717, 1.165) is 33.0 Å². The third kappa shape index (κ3) is 6.59. The van der Waals surface area contributed by atoms with Crippen LogP contribution in [0.2, 0.25) is 10.0 Å². The summed E-state index contributed by atoms with van der Waals surface area (Å²) in [4.78, 5) is 18.9. The Kier molecular flexibility index (Phi) is 9.79. The lowest BCUT2D eigenvalue weighted by Gasteiger charge is -2.06. The van der Waals surface area contributed by atoms with Crippen LogP contribution in [0.1, 0.15) is 42.2 Å². The molecule has 0 unspecified atom stereocenters. The van der Waals surface area contributed by atoms with Gasteiger partial charge in [-0.2, -0.15) is 0 Å². The molecule has 2 N–H and O–H groups in total. The molecule has 0 saturated heterocycles. The van der Waals surface area contributed by atoms with Gasteiger partial charge in [-0.1, -0.05) is 69.1 Å². The maximum atomic E-state index is 12.0. The van der Waals surface area contributed by atoms with E-state index in [9.17, 15) is 9.90 Å². The van der Waals surface area contributed by atoms with Gasteiger partial charge in [0, 0.05) is 15.3 Å². The van der Waals surface area contributed by atoms with Crippen molar-refractivity contribution in [3.05, 3.63) is 68.3 Å². The van der Waals surface area contributed by atoms with Gasteiger partial charge in [-0.3, -0.25) is 0 Å². The molecule has 190 valence electrons. The molecule has 2 heterocycles. The number of thiophene rings is 1. The lowest BCUT2D eigenvalue weighted by atomic mass is 10.0. The molecule has 0 spiro atoms. The van der Waals surface area contributed by atoms with Gasteiger partial charge in [-0.15, -0.1) is 22.7 Å². The number of aromatic nitrogens is 1. The molecular formula is C27H28Cl2N2O3S2. The van der Waals surface area contributed by atoms with Crippen molar-refractivity contribution >= 4 is 62.7 Å². The maximum Gasteiger partial charge on any atom is 0.348 e. The number of halogens is 2. The number of hydrogen-bond acceptors (Lipinski definition) is 6. The van der Waals surface area contributed by atoms with Gasteiger partial charge in [0.25, 0.3) is 0 Å². The average molecular weight is 564 g/mol. The fraction of sp³-hybridized carbons (Fsp3) is 0.259. The third-order valence-corrected chi connectivity index (χ3v) is 7.91. The molecule has 0 aliphatic heterocycles. The molecule has 2 aromatic carbocycles. The summed E-state index contributed by atoms with van der Waals surface area (Å²) in [6.07, 6.45) is 0.833. The number of anilines is 2. The van der Waals surface area contributed by atoms with Crippen molar-refractivity contribution in [2.45, 2.75) is 34.1 Å². The van der Waals surface area contributed by atoms with Gasteiger partial charge in [-0.25, -0.2) is 9.78 Å². The molecule has 4 rings (SSSR count). The van der Waals surface area contributed by atoms with Gasteiger partial charge in [0.1, 0.15) is 10.6 Å². The molecule has 0 amide bonds. The van der Waals surface area contributed by atoms with E-state index in [1.54, 1.807) is 19.2 Å². The van der Waals surface area contributed by atoms with Crippen molar-refractivity contribution in [2.75, 3.05) is 12.4 Å². The predicted molar refractivity (Wildman–Crippen MR) is 154 cm³/mol. The number of thiazole rings is 1. The summed E-state index contributed by atoms with van der Waals surface area (Å²) in [6, 6.07) is 14.8. The largest absolute Gasteiger partial charge is 0.497 e. The summed E-state index contributed by atoms with van der Waals surface area (Å²) in [7, 11) is 1.60. The van der Waals surface area contributed by atoms with Crippen LogP contribution in [0.15, 0.2) is 48.5 Å². The number of ether oxygens (including phenoxy) is 1. The maximum absolute atomic E-state index is 12.0. The minimum Gasteiger partial charge on any atom is -0.497 e. The van der Waals surface area contributed by atoms with Crippen molar-refractivity contribution in [1.29, 1.82) is 0 Å². The van der Waals surface area contributed by atoms with Crippen molar-refractivity contribution < 1.29 is 14.6 Å². The lowest BCUT2D eigenvalue weighted by molar-refractivity contribution is 0.0703. The van der Waals surface area contributed by atoms with Crippen LogP contribution in [0.4, 0.5) is 10.8 Å². The monoisotopic (exact) mass is 562 g/mol. The second-order valence-electron chi connectivity index (χ2n) is 8.03. The minimum absolute atomic E-state index is 0.217. The Morgan fingerprint density at radius 3 is 2.44 bits per heavy atom. The molecule has 0 bridgehead atoms. The molecule has 0 radical (unpaired) electrons. The lowest BCUT2D eigenvalue weighted by Crippen LogP contribution is -1.98. The average Bonchev–Trinajstić information content (AvgIpc) is 3.46. The number of nitrogens with one attached hydrogen (secondary N) is 1. The Bertz CT molecular complexity index is 1350. The van der Waals surface area contributed by atoms with Crippen LogP contribution in [-0.2, 0) is 6.42 Å². The zero-order chi connectivity index (χ0) is 26.4. The Morgan fingerprint density at radius 1 is 1.06 bits per heavy atom. The van der Waals surface area contributed by atoms with Crippen LogP contribution >= 0.6 is 45.9 Å². The highest BCUT2D eigenvalue weighted by molar-refractivity contribution is 7.18. The van der Waals surface area contributed by atoms with Crippen LogP contribution in [0, 0.1) is 5.92 Å². The summed E-state index contributed by atoms with van der Waals surface area (Å²) in [5, 5.41) is 14.6. The summed E-state index contributed by atoms with van der Waals surface area (Å²) >= 11 is 15.1. The van der Waals surface area contributed by atoms with E-state index in [4.69, 9.17) is 32.9 Å². The Balaban J connectivity index is 0.00000176.